The number of likely N-dealkylation sites (tertiary alicyclic amines) is 1. The van der Waals surface area contributed by atoms with Crippen LogP contribution in [0.1, 0.15) is 34.3 Å². The minimum Gasteiger partial charge on any atom is -0.497 e. The van der Waals surface area contributed by atoms with Crippen LogP contribution in [-0.2, 0) is 0 Å². The summed E-state index contributed by atoms with van der Waals surface area (Å²) in [6.45, 7) is 5.45. The van der Waals surface area contributed by atoms with Gasteiger partial charge in [0.25, 0.3) is 11.1 Å². The van der Waals surface area contributed by atoms with E-state index in [1.165, 1.54) is 10.3 Å². The zero-order valence-electron chi connectivity index (χ0n) is 17.7. The minimum absolute atomic E-state index is 0.0285. The summed E-state index contributed by atoms with van der Waals surface area (Å²) in [6, 6.07) is 9.49. The Labute approximate surface area is 180 Å². The Morgan fingerprint density at radius 2 is 1.80 bits per heavy atom. The number of benzene rings is 2. The Balaban J connectivity index is 1.41. The molecule has 0 N–H and O–H groups in total. The maximum absolute atomic E-state index is 13.0. The maximum atomic E-state index is 13.0. The van der Waals surface area contributed by atoms with E-state index in [1.54, 1.807) is 43.8 Å². The third-order valence-corrected chi connectivity index (χ3v) is 6.64. The van der Waals surface area contributed by atoms with Crippen molar-refractivity contribution >= 4 is 27.5 Å². The predicted molar refractivity (Wildman–Crippen MR) is 118 cm³/mol. The minimum atomic E-state index is -0.0285. The molecule has 1 aliphatic heterocycles. The van der Waals surface area contributed by atoms with Crippen LogP contribution in [0.4, 0.5) is 0 Å². The lowest BCUT2D eigenvalue weighted by Crippen LogP contribution is -2.41. The number of aromatic nitrogens is 1. The summed E-state index contributed by atoms with van der Waals surface area (Å²) >= 11 is 1.60. The molecule has 1 aromatic heterocycles. The molecule has 6 nitrogen and oxygen atoms in total. The molecule has 0 saturated carbocycles. The van der Waals surface area contributed by atoms with Gasteiger partial charge in [-0.1, -0.05) is 23.5 Å². The van der Waals surface area contributed by atoms with Crippen molar-refractivity contribution in [3.63, 3.8) is 0 Å². The average molecular weight is 427 g/mol. The van der Waals surface area contributed by atoms with E-state index in [9.17, 15) is 4.79 Å². The van der Waals surface area contributed by atoms with Crippen LogP contribution >= 0.6 is 11.3 Å². The predicted octanol–water partition coefficient (Wildman–Crippen LogP) is 4.61. The zero-order chi connectivity index (χ0) is 21.3. The SMILES string of the molecule is COc1ccc(C(=O)N2CCC(Oc3nc4c(C)ccc(C)c4s3)CC2)c(OC)c1. The first kappa shape index (κ1) is 20.5. The number of ether oxygens (including phenoxy) is 3. The molecule has 0 spiro atoms. The van der Waals surface area contributed by atoms with Crippen molar-refractivity contribution in [2.45, 2.75) is 32.8 Å². The molecule has 0 bridgehead atoms. The van der Waals surface area contributed by atoms with Gasteiger partial charge in [0.15, 0.2) is 0 Å². The molecule has 0 atom stereocenters. The summed E-state index contributed by atoms with van der Waals surface area (Å²) in [4.78, 5) is 19.5. The average Bonchev–Trinajstić information content (AvgIpc) is 3.21. The Hall–Kier alpha value is -2.80. The molecular formula is C23H26N2O4S. The Bertz CT molecular complexity index is 1030. The molecule has 1 amide bonds. The highest BCUT2D eigenvalue weighted by Gasteiger charge is 2.27. The van der Waals surface area contributed by atoms with Crippen molar-refractivity contribution in [1.29, 1.82) is 0 Å². The van der Waals surface area contributed by atoms with Gasteiger partial charge < -0.3 is 19.1 Å². The van der Waals surface area contributed by atoms with Crippen LogP contribution in [0.25, 0.3) is 10.2 Å². The number of piperidine rings is 1. The molecule has 1 fully saturated rings. The van der Waals surface area contributed by atoms with Gasteiger partial charge in [-0.25, -0.2) is 4.98 Å². The highest BCUT2D eigenvalue weighted by atomic mass is 32.1. The second kappa shape index (κ2) is 8.52. The lowest BCUT2D eigenvalue weighted by Gasteiger charge is -2.32. The Kier molecular flexibility index (Phi) is 5.81. The molecule has 0 radical (unpaired) electrons. The van der Waals surface area contributed by atoms with E-state index in [-0.39, 0.29) is 12.0 Å². The molecule has 0 unspecified atom stereocenters. The summed E-state index contributed by atoms with van der Waals surface area (Å²) in [5, 5.41) is 0.712. The molecule has 30 heavy (non-hydrogen) atoms. The summed E-state index contributed by atoms with van der Waals surface area (Å²) < 4.78 is 18.0. The highest BCUT2D eigenvalue weighted by Crippen LogP contribution is 2.34. The molecule has 7 heteroatoms. The van der Waals surface area contributed by atoms with Crippen molar-refractivity contribution in [3.8, 4) is 16.7 Å². The molecular weight excluding hydrogens is 400 g/mol. The fourth-order valence-electron chi connectivity index (χ4n) is 3.75. The van der Waals surface area contributed by atoms with Crippen molar-refractivity contribution in [2.75, 3.05) is 27.3 Å². The molecule has 2 heterocycles. The van der Waals surface area contributed by atoms with Crippen LogP contribution in [0.5, 0.6) is 16.7 Å². The van der Waals surface area contributed by atoms with E-state index < -0.39 is 0 Å². The third kappa shape index (κ3) is 3.94. The topological polar surface area (TPSA) is 60.9 Å². The lowest BCUT2D eigenvalue weighted by atomic mass is 10.1. The number of nitrogens with zero attached hydrogens (tertiary/aromatic N) is 2. The summed E-state index contributed by atoms with van der Waals surface area (Å²) in [5.74, 6) is 1.16. The number of methoxy groups -OCH3 is 2. The van der Waals surface area contributed by atoms with Gasteiger partial charge >= 0.3 is 0 Å². The van der Waals surface area contributed by atoms with Gasteiger partial charge in [0.2, 0.25) is 0 Å². The van der Waals surface area contributed by atoms with Gasteiger partial charge in [-0.2, -0.15) is 0 Å². The first-order valence-electron chi connectivity index (χ1n) is 10.0. The quantitative estimate of drug-likeness (QED) is 0.596. The fraction of sp³-hybridized carbons (Fsp3) is 0.391. The van der Waals surface area contributed by atoms with Crippen molar-refractivity contribution < 1.29 is 19.0 Å². The van der Waals surface area contributed by atoms with Gasteiger partial charge in [0, 0.05) is 32.0 Å². The van der Waals surface area contributed by atoms with E-state index in [2.05, 4.69) is 26.0 Å². The molecule has 3 aromatic rings. The summed E-state index contributed by atoms with van der Waals surface area (Å²) in [6.07, 6.45) is 1.61. The molecule has 0 aliphatic carbocycles. The second-order valence-corrected chi connectivity index (χ2v) is 8.49. The van der Waals surface area contributed by atoms with E-state index in [0.29, 0.717) is 35.3 Å². The van der Waals surface area contributed by atoms with Crippen LogP contribution in [-0.4, -0.2) is 49.2 Å². The van der Waals surface area contributed by atoms with E-state index in [1.807, 2.05) is 4.90 Å². The van der Waals surface area contributed by atoms with Gasteiger partial charge in [-0.05, 0) is 37.1 Å². The molecule has 1 saturated heterocycles. The van der Waals surface area contributed by atoms with E-state index in [0.717, 1.165) is 23.9 Å². The third-order valence-electron chi connectivity index (χ3n) is 5.56. The number of carbonyl (C=O) groups excluding carboxylic acids is 1. The lowest BCUT2D eigenvalue weighted by molar-refractivity contribution is 0.0592. The summed E-state index contributed by atoms with van der Waals surface area (Å²) in [7, 11) is 3.15. The maximum Gasteiger partial charge on any atom is 0.274 e. The highest BCUT2D eigenvalue weighted by molar-refractivity contribution is 7.20. The van der Waals surface area contributed by atoms with Crippen molar-refractivity contribution in [3.05, 3.63) is 47.0 Å². The van der Waals surface area contributed by atoms with Gasteiger partial charge in [-0.3, -0.25) is 4.79 Å². The molecule has 158 valence electrons. The number of thiazole rings is 1. The smallest absolute Gasteiger partial charge is 0.274 e. The first-order valence-corrected chi connectivity index (χ1v) is 10.9. The van der Waals surface area contributed by atoms with E-state index in [4.69, 9.17) is 19.2 Å². The van der Waals surface area contributed by atoms with Crippen molar-refractivity contribution in [2.24, 2.45) is 0 Å². The number of hydrogen-bond donors (Lipinski definition) is 0. The molecule has 4 rings (SSSR count). The molecule has 1 aliphatic rings. The number of fused-ring (bicyclic) bond motifs is 1. The number of rotatable bonds is 5. The summed E-state index contributed by atoms with van der Waals surface area (Å²) in [5.41, 5.74) is 3.95. The normalized spacial score (nSPS) is 14.7. The Morgan fingerprint density at radius 3 is 2.47 bits per heavy atom. The first-order chi connectivity index (χ1) is 14.5. The zero-order valence-corrected chi connectivity index (χ0v) is 18.5. The monoisotopic (exact) mass is 426 g/mol. The van der Waals surface area contributed by atoms with Gasteiger partial charge in [-0.15, -0.1) is 0 Å². The second-order valence-electron chi connectivity index (χ2n) is 7.53. The fourth-order valence-corrected chi connectivity index (χ4v) is 4.78. The largest absolute Gasteiger partial charge is 0.497 e. The van der Waals surface area contributed by atoms with E-state index >= 15 is 0 Å². The van der Waals surface area contributed by atoms with Gasteiger partial charge in [0.05, 0.1) is 30.0 Å². The number of carbonyl (C=O) groups is 1. The molecule has 2 aromatic carbocycles. The number of aryl methyl sites for hydroxylation is 2. The number of amides is 1. The van der Waals surface area contributed by atoms with Crippen LogP contribution in [0, 0.1) is 13.8 Å². The van der Waals surface area contributed by atoms with Crippen LogP contribution in [0.2, 0.25) is 0 Å². The van der Waals surface area contributed by atoms with Crippen LogP contribution in [0.15, 0.2) is 30.3 Å². The Morgan fingerprint density at radius 1 is 1.07 bits per heavy atom. The van der Waals surface area contributed by atoms with Crippen LogP contribution < -0.4 is 14.2 Å². The van der Waals surface area contributed by atoms with Crippen LogP contribution in [0.3, 0.4) is 0 Å². The van der Waals surface area contributed by atoms with Gasteiger partial charge in [0.1, 0.15) is 17.6 Å². The van der Waals surface area contributed by atoms with Crippen molar-refractivity contribution in [1.82, 2.24) is 9.88 Å². The number of hydrogen-bond acceptors (Lipinski definition) is 6. The standard InChI is InChI=1S/C23H26N2O4S/c1-14-5-6-15(2)21-20(14)24-23(30-21)29-16-9-11-25(12-10-16)22(26)18-8-7-17(27-3)13-19(18)28-4/h5-8,13,16H,9-12H2,1-4H3.